The van der Waals surface area contributed by atoms with Crippen molar-refractivity contribution >= 4 is 33.3 Å². The summed E-state index contributed by atoms with van der Waals surface area (Å²) in [5.74, 6) is -1.24. The van der Waals surface area contributed by atoms with Crippen molar-refractivity contribution in [2.75, 3.05) is 25.5 Å². The van der Waals surface area contributed by atoms with Crippen LogP contribution < -0.4 is 10.0 Å². The number of rotatable bonds is 6. The van der Waals surface area contributed by atoms with Crippen molar-refractivity contribution in [1.82, 2.24) is 4.72 Å². The molecule has 0 radical (unpaired) electrons. The van der Waals surface area contributed by atoms with Crippen LogP contribution in [-0.2, 0) is 14.8 Å². The number of benzene rings is 1. The maximum atomic E-state index is 11.8. The quantitative estimate of drug-likeness (QED) is 0.720. The van der Waals surface area contributed by atoms with Crippen molar-refractivity contribution in [2.24, 2.45) is 0 Å². The van der Waals surface area contributed by atoms with E-state index in [-0.39, 0.29) is 27.3 Å². The van der Waals surface area contributed by atoms with E-state index in [1.54, 1.807) is 0 Å². The molecule has 0 amide bonds. The summed E-state index contributed by atoms with van der Waals surface area (Å²) in [5, 5.41) is 12.2. The molecule has 1 unspecified atom stereocenters. The Morgan fingerprint density at radius 2 is 2.23 bits per heavy atom. The second-order valence-electron chi connectivity index (χ2n) is 4.86. The van der Waals surface area contributed by atoms with Gasteiger partial charge in [-0.1, -0.05) is 11.6 Å². The van der Waals surface area contributed by atoms with Crippen molar-refractivity contribution in [3.05, 3.63) is 22.7 Å². The van der Waals surface area contributed by atoms with Crippen LogP contribution >= 0.6 is 11.6 Å². The number of hydrogen-bond acceptors (Lipinski definition) is 5. The van der Waals surface area contributed by atoms with E-state index < -0.39 is 16.0 Å². The summed E-state index contributed by atoms with van der Waals surface area (Å²) < 4.78 is 31.3. The molecule has 22 heavy (non-hydrogen) atoms. The molecule has 1 heterocycles. The van der Waals surface area contributed by atoms with Crippen LogP contribution in [0, 0.1) is 0 Å². The van der Waals surface area contributed by atoms with Gasteiger partial charge in [0.05, 0.1) is 22.4 Å². The van der Waals surface area contributed by atoms with Crippen LogP contribution in [0.15, 0.2) is 17.0 Å². The molecule has 1 aromatic carbocycles. The Labute approximate surface area is 133 Å². The lowest BCUT2D eigenvalue weighted by Gasteiger charge is -2.15. The number of carboxylic acid groups (broad SMARTS) is 1. The molecule has 0 aliphatic carbocycles. The Bertz CT molecular complexity index is 671. The molecule has 0 aromatic heterocycles. The topological polar surface area (TPSA) is 105 Å². The van der Waals surface area contributed by atoms with Gasteiger partial charge >= 0.3 is 5.97 Å². The summed E-state index contributed by atoms with van der Waals surface area (Å²) >= 11 is 5.98. The van der Waals surface area contributed by atoms with Crippen molar-refractivity contribution in [3.8, 4) is 0 Å². The second-order valence-corrected chi connectivity index (χ2v) is 7.12. The van der Waals surface area contributed by atoms with Crippen molar-refractivity contribution in [3.63, 3.8) is 0 Å². The minimum absolute atomic E-state index is 0.0149. The fraction of sp³-hybridized carbons (Fsp3) is 0.462. The van der Waals surface area contributed by atoms with Gasteiger partial charge < -0.3 is 15.2 Å². The molecule has 0 spiro atoms. The summed E-state index contributed by atoms with van der Waals surface area (Å²) in [6, 6.07) is 2.36. The summed E-state index contributed by atoms with van der Waals surface area (Å²) in [7, 11) is -2.60. The van der Waals surface area contributed by atoms with Gasteiger partial charge in [-0.25, -0.2) is 17.9 Å². The zero-order valence-corrected chi connectivity index (χ0v) is 13.5. The average molecular weight is 349 g/mol. The highest BCUT2D eigenvalue weighted by Crippen LogP contribution is 2.29. The van der Waals surface area contributed by atoms with E-state index in [1.165, 1.54) is 13.1 Å². The molecule has 1 atom stereocenters. The maximum absolute atomic E-state index is 11.8. The van der Waals surface area contributed by atoms with E-state index in [4.69, 9.17) is 16.3 Å². The highest BCUT2D eigenvalue weighted by molar-refractivity contribution is 7.89. The van der Waals surface area contributed by atoms with Gasteiger partial charge in [0.15, 0.2) is 0 Å². The minimum Gasteiger partial charge on any atom is -0.478 e. The van der Waals surface area contributed by atoms with Gasteiger partial charge in [-0.3, -0.25) is 0 Å². The molecule has 1 aliphatic heterocycles. The lowest BCUT2D eigenvalue weighted by atomic mass is 10.1. The molecular formula is C13H17ClN2O5S. The molecule has 3 N–H and O–H groups in total. The molecular weight excluding hydrogens is 332 g/mol. The highest BCUT2D eigenvalue weighted by Gasteiger charge is 2.23. The van der Waals surface area contributed by atoms with Gasteiger partial charge in [-0.15, -0.1) is 0 Å². The van der Waals surface area contributed by atoms with Crippen molar-refractivity contribution in [1.29, 1.82) is 0 Å². The van der Waals surface area contributed by atoms with E-state index in [0.29, 0.717) is 13.2 Å². The first-order valence-electron chi connectivity index (χ1n) is 6.71. The largest absolute Gasteiger partial charge is 0.478 e. The maximum Gasteiger partial charge on any atom is 0.337 e. The van der Waals surface area contributed by atoms with Crippen LogP contribution in [0.1, 0.15) is 23.2 Å². The third kappa shape index (κ3) is 3.70. The first-order valence-corrected chi connectivity index (χ1v) is 8.57. The standard InChI is InChI=1S/C13H17ClN2O5S/c1-15-22(19,20)12-5-9(13(17)18)11(6-10(12)14)16-7-8-3-2-4-21-8/h5-6,8,15-16H,2-4,7H2,1H3,(H,17,18). The fourth-order valence-electron chi connectivity index (χ4n) is 2.22. The number of carbonyl (C=O) groups is 1. The fourth-order valence-corrected chi connectivity index (χ4v) is 3.50. The molecule has 122 valence electrons. The second kappa shape index (κ2) is 6.82. The number of carboxylic acids is 1. The first kappa shape index (κ1) is 17.0. The van der Waals surface area contributed by atoms with Crippen LogP contribution in [0.4, 0.5) is 5.69 Å². The van der Waals surface area contributed by atoms with Gasteiger partial charge in [0, 0.05) is 13.2 Å². The van der Waals surface area contributed by atoms with E-state index in [0.717, 1.165) is 18.9 Å². The lowest BCUT2D eigenvalue weighted by molar-refractivity contribution is 0.0697. The predicted molar refractivity (Wildman–Crippen MR) is 82.1 cm³/mol. The van der Waals surface area contributed by atoms with Crippen molar-refractivity contribution in [2.45, 2.75) is 23.8 Å². The number of halogens is 1. The van der Waals surface area contributed by atoms with E-state index >= 15 is 0 Å². The van der Waals surface area contributed by atoms with Gasteiger partial charge in [-0.2, -0.15) is 0 Å². The summed E-state index contributed by atoms with van der Waals surface area (Å²) in [6.45, 7) is 1.13. The Morgan fingerprint density at radius 3 is 2.77 bits per heavy atom. The number of ether oxygens (including phenoxy) is 1. The molecule has 0 bridgehead atoms. The third-order valence-corrected chi connectivity index (χ3v) is 5.28. The SMILES string of the molecule is CNS(=O)(=O)c1cc(C(=O)O)c(NCC2CCCO2)cc1Cl. The number of sulfonamides is 1. The van der Waals surface area contributed by atoms with Gasteiger partial charge in [-0.05, 0) is 32.0 Å². The molecule has 1 aromatic rings. The zero-order chi connectivity index (χ0) is 16.3. The average Bonchev–Trinajstić information content (AvgIpc) is 2.97. The van der Waals surface area contributed by atoms with Gasteiger partial charge in [0.1, 0.15) is 4.90 Å². The van der Waals surface area contributed by atoms with Crippen LogP contribution in [0.25, 0.3) is 0 Å². The molecule has 1 fully saturated rings. The lowest BCUT2D eigenvalue weighted by Crippen LogP contribution is -2.22. The minimum atomic E-state index is -3.83. The molecule has 1 aliphatic rings. The number of anilines is 1. The Morgan fingerprint density at radius 1 is 1.50 bits per heavy atom. The highest BCUT2D eigenvalue weighted by atomic mass is 35.5. The van der Waals surface area contributed by atoms with E-state index in [2.05, 4.69) is 10.0 Å². The Kier molecular flexibility index (Phi) is 5.28. The molecule has 2 rings (SSSR count). The Hall–Kier alpha value is -1.35. The first-order chi connectivity index (χ1) is 10.3. The van der Waals surface area contributed by atoms with Crippen LogP contribution in [0.5, 0.6) is 0 Å². The predicted octanol–water partition coefficient (Wildman–Crippen LogP) is 1.54. The van der Waals surface area contributed by atoms with E-state index in [9.17, 15) is 18.3 Å². The summed E-state index contributed by atoms with van der Waals surface area (Å²) in [5.41, 5.74) is 0.110. The van der Waals surface area contributed by atoms with Gasteiger partial charge in [0.25, 0.3) is 0 Å². The Balaban J connectivity index is 2.33. The number of nitrogens with one attached hydrogen (secondary N) is 2. The number of aromatic carboxylic acids is 1. The van der Waals surface area contributed by atoms with E-state index in [1.807, 2.05) is 0 Å². The van der Waals surface area contributed by atoms with Crippen LogP contribution in [0.3, 0.4) is 0 Å². The van der Waals surface area contributed by atoms with Crippen molar-refractivity contribution < 1.29 is 23.1 Å². The smallest absolute Gasteiger partial charge is 0.337 e. The van der Waals surface area contributed by atoms with Crippen LogP contribution in [-0.4, -0.2) is 45.8 Å². The monoisotopic (exact) mass is 348 g/mol. The normalized spacial score (nSPS) is 18.4. The van der Waals surface area contributed by atoms with Crippen LogP contribution in [0.2, 0.25) is 5.02 Å². The molecule has 9 heteroatoms. The summed E-state index contributed by atoms with van der Waals surface area (Å²) in [6.07, 6.45) is 1.88. The number of hydrogen-bond donors (Lipinski definition) is 3. The molecule has 7 nitrogen and oxygen atoms in total. The van der Waals surface area contributed by atoms with Gasteiger partial charge in [0.2, 0.25) is 10.0 Å². The molecule has 1 saturated heterocycles. The summed E-state index contributed by atoms with van der Waals surface area (Å²) in [4.78, 5) is 11.1. The third-order valence-electron chi connectivity index (χ3n) is 3.40. The molecule has 0 saturated carbocycles. The zero-order valence-electron chi connectivity index (χ0n) is 11.9.